The summed E-state index contributed by atoms with van der Waals surface area (Å²) < 4.78 is 0.977. The van der Waals surface area contributed by atoms with Crippen molar-refractivity contribution in [2.45, 2.75) is 19.8 Å². The highest BCUT2D eigenvalue weighted by molar-refractivity contribution is 9.10. The number of nitrogens with zero attached hydrogens (tertiary/aromatic N) is 2. The fraction of sp³-hybridized carbons (Fsp3) is 0.150. The quantitative estimate of drug-likeness (QED) is 0.653. The minimum Gasteiger partial charge on any atom is -0.508 e. The van der Waals surface area contributed by atoms with Crippen molar-refractivity contribution >= 4 is 27.7 Å². The summed E-state index contributed by atoms with van der Waals surface area (Å²) in [7, 11) is 0. The van der Waals surface area contributed by atoms with Gasteiger partial charge in [0.1, 0.15) is 5.75 Å². The lowest BCUT2D eigenvalue weighted by atomic mass is 10.1. The highest BCUT2D eigenvalue weighted by atomic mass is 79.9. The van der Waals surface area contributed by atoms with Crippen molar-refractivity contribution in [3.63, 3.8) is 0 Å². The molecule has 132 valence electrons. The van der Waals surface area contributed by atoms with Crippen molar-refractivity contribution < 1.29 is 9.90 Å². The number of halogens is 1. The maximum absolute atomic E-state index is 12.3. The Bertz CT molecular complexity index is 909. The molecule has 0 aliphatic carbocycles. The first-order valence-corrected chi connectivity index (χ1v) is 9.04. The number of carbonyl (C=O) groups excluding carboxylic acids is 1. The number of hydrogen-bond acceptors (Lipinski definition) is 4. The Hall–Kier alpha value is -2.73. The minimum absolute atomic E-state index is 0.131. The average molecular weight is 412 g/mol. The van der Waals surface area contributed by atoms with E-state index in [2.05, 4.69) is 31.2 Å². The molecular weight excluding hydrogens is 394 g/mol. The Balaban J connectivity index is 1.76. The molecule has 3 rings (SSSR count). The van der Waals surface area contributed by atoms with Gasteiger partial charge in [0, 0.05) is 10.0 Å². The molecule has 0 radical (unpaired) electrons. The van der Waals surface area contributed by atoms with Crippen LogP contribution in [0.15, 0.2) is 59.2 Å². The number of aromatic hydroxyl groups is 1. The molecule has 5 nitrogen and oxygen atoms in total. The number of amides is 1. The number of benzene rings is 2. The third-order valence-corrected chi connectivity index (χ3v) is 4.41. The SMILES string of the molecule is CCc1nc(-c2ccc(O)cc2)cnc1NC(=O)Cc1ccc(Br)cc1. The van der Waals surface area contributed by atoms with Crippen molar-refractivity contribution in [3.05, 3.63) is 70.5 Å². The molecule has 3 aromatic rings. The summed E-state index contributed by atoms with van der Waals surface area (Å²) in [6.45, 7) is 1.97. The zero-order valence-corrected chi connectivity index (χ0v) is 15.8. The predicted molar refractivity (Wildman–Crippen MR) is 105 cm³/mol. The molecule has 0 unspecified atom stereocenters. The van der Waals surface area contributed by atoms with Crippen LogP contribution in [0, 0.1) is 0 Å². The molecule has 2 N–H and O–H groups in total. The van der Waals surface area contributed by atoms with Gasteiger partial charge in [0.05, 0.1) is 24.0 Å². The Kier molecular flexibility index (Phi) is 5.63. The van der Waals surface area contributed by atoms with Crippen LogP contribution in [-0.4, -0.2) is 21.0 Å². The van der Waals surface area contributed by atoms with Crippen LogP contribution >= 0.6 is 15.9 Å². The van der Waals surface area contributed by atoms with Gasteiger partial charge in [-0.3, -0.25) is 4.79 Å². The third-order valence-electron chi connectivity index (χ3n) is 3.88. The summed E-state index contributed by atoms with van der Waals surface area (Å²) in [5.41, 5.74) is 3.21. The number of nitrogens with one attached hydrogen (secondary N) is 1. The van der Waals surface area contributed by atoms with E-state index in [-0.39, 0.29) is 18.1 Å². The molecule has 0 atom stereocenters. The molecule has 0 fully saturated rings. The zero-order chi connectivity index (χ0) is 18.5. The normalized spacial score (nSPS) is 10.5. The van der Waals surface area contributed by atoms with E-state index in [4.69, 9.17) is 0 Å². The molecule has 1 aromatic heterocycles. The van der Waals surface area contributed by atoms with Gasteiger partial charge in [-0.25, -0.2) is 9.97 Å². The van der Waals surface area contributed by atoms with E-state index in [0.717, 1.165) is 21.3 Å². The second-order valence-corrected chi connectivity index (χ2v) is 6.72. The van der Waals surface area contributed by atoms with Crippen LogP contribution in [0.25, 0.3) is 11.3 Å². The van der Waals surface area contributed by atoms with E-state index < -0.39 is 0 Å². The van der Waals surface area contributed by atoms with Crippen LogP contribution in [0.2, 0.25) is 0 Å². The maximum Gasteiger partial charge on any atom is 0.229 e. The first kappa shape index (κ1) is 18.1. The fourth-order valence-corrected chi connectivity index (χ4v) is 2.78. The van der Waals surface area contributed by atoms with Crippen molar-refractivity contribution in [1.29, 1.82) is 0 Å². The Morgan fingerprint density at radius 2 is 1.81 bits per heavy atom. The second-order valence-electron chi connectivity index (χ2n) is 5.80. The summed E-state index contributed by atoms with van der Waals surface area (Å²) in [5, 5.41) is 12.2. The molecule has 0 saturated carbocycles. The number of carbonyl (C=O) groups is 1. The number of hydrogen-bond donors (Lipinski definition) is 2. The minimum atomic E-state index is -0.131. The highest BCUT2D eigenvalue weighted by Crippen LogP contribution is 2.22. The lowest BCUT2D eigenvalue weighted by molar-refractivity contribution is -0.115. The van der Waals surface area contributed by atoms with Gasteiger partial charge in [0.2, 0.25) is 5.91 Å². The monoisotopic (exact) mass is 411 g/mol. The molecule has 26 heavy (non-hydrogen) atoms. The molecule has 1 amide bonds. The van der Waals surface area contributed by atoms with Gasteiger partial charge in [-0.05, 0) is 48.4 Å². The molecule has 1 heterocycles. The van der Waals surface area contributed by atoms with Crippen molar-refractivity contribution in [3.8, 4) is 17.0 Å². The lowest BCUT2D eigenvalue weighted by Crippen LogP contribution is -2.17. The number of aryl methyl sites for hydroxylation is 1. The lowest BCUT2D eigenvalue weighted by Gasteiger charge is -2.10. The van der Waals surface area contributed by atoms with E-state index in [1.54, 1.807) is 30.5 Å². The number of anilines is 1. The summed E-state index contributed by atoms with van der Waals surface area (Å²) in [6.07, 6.45) is 2.55. The van der Waals surface area contributed by atoms with Crippen LogP contribution in [0.5, 0.6) is 5.75 Å². The van der Waals surface area contributed by atoms with Gasteiger partial charge in [-0.2, -0.15) is 0 Å². The second kappa shape index (κ2) is 8.10. The molecule has 6 heteroatoms. The van der Waals surface area contributed by atoms with E-state index >= 15 is 0 Å². The molecule has 0 bridgehead atoms. The summed E-state index contributed by atoms with van der Waals surface area (Å²) in [5.74, 6) is 0.556. The molecule has 0 aliphatic rings. The van der Waals surface area contributed by atoms with Gasteiger partial charge in [-0.15, -0.1) is 0 Å². The highest BCUT2D eigenvalue weighted by Gasteiger charge is 2.11. The van der Waals surface area contributed by atoms with E-state index in [1.807, 2.05) is 31.2 Å². The summed E-state index contributed by atoms with van der Waals surface area (Å²) in [6, 6.07) is 14.4. The smallest absolute Gasteiger partial charge is 0.229 e. The van der Waals surface area contributed by atoms with Crippen molar-refractivity contribution in [1.82, 2.24) is 9.97 Å². The standard InChI is InChI=1S/C20H18BrN3O2/c1-2-17-20(24-19(26)11-13-3-7-15(21)8-4-13)22-12-18(23-17)14-5-9-16(25)10-6-14/h3-10,12,25H,2,11H2,1H3,(H,22,24,26). The third kappa shape index (κ3) is 4.46. The van der Waals surface area contributed by atoms with Crippen LogP contribution in [0.3, 0.4) is 0 Å². The molecule has 2 aromatic carbocycles. The van der Waals surface area contributed by atoms with E-state index in [0.29, 0.717) is 17.9 Å². The number of phenols is 1. The van der Waals surface area contributed by atoms with Gasteiger partial charge >= 0.3 is 0 Å². The van der Waals surface area contributed by atoms with Crippen molar-refractivity contribution in [2.24, 2.45) is 0 Å². The van der Waals surface area contributed by atoms with Crippen LogP contribution < -0.4 is 5.32 Å². The largest absolute Gasteiger partial charge is 0.508 e. The zero-order valence-electron chi connectivity index (χ0n) is 14.2. The average Bonchev–Trinajstić information content (AvgIpc) is 2.64. The van der Waals surface area contributed by atoms with Crippen LogP contribution in [0.1, 0.15) is 18.2 Å². The van der Waals surface area contributed by atoms with Gasteiger partial charge in [-0.1, -0.05) is 35.0 Å². The Morgan fingerprint density at radius 1 is 1.12 bits per heavy atom. The molecule has 0 aliphatic heterocycles. The van der Waals surface area contributed by atoms with E-state index in [1.165, 1.54) is 0 Å². The summed E-state index contributed by atoms with van der Waals surface area (Å²) in [4.78, 5) is 21.3. The maximum atomic E-state index is 12.3. The molecule has 0 spiro atoms. The Labute approximate surface area is 160 Å². The predicted octanol–water partition coefficient (Wildman–Crippen LogP) is 4.36. The molecule has 0 saturated heterocycles. The number of rotatable bonds is 5. The topological polar surface area (TPSA) is 75.1 Å². The Morgan fingerprint density at radius 3 is 2.46 bits per heavy atom. The number of phenolic OH excluding ortho intramolecular Hbond substituents is 1. The molecular formula is C20H18BrN3O2. The van der Waals surface area contributed by atoms with Crippen LogP contribution in [-0.2, 0) is 17.6 Å². The van der Waals surface area contributed by atoms with E-state index in [9.17, 15) is 9.90 Å². The first-order chi connectivity index (χ1) is 12.5. The first-order valence-electron chi connectivity index (χ1n) is 8.24. The van der Waals surface area contributed by atoms with Gasteiger partial charge < -0.3 is 10.4 Å². The summed E-state index contributed by atoms with van der Waals surface area (Å²) >= 11 is 3.38. The van der Waals surface area contributed by atoms with Gasteiger partial charge in [0.15, 0.2) is 5.82 Å². The van der Waals surface area contributed by atoms with Gasteiger partial charge in [0.25, 0.3) is 0 Å². The fourth-order valence-electron chi connectivity index (χ4n) is 2.51. The van der Waals surface area contributed by atoms with Crippen LogP contribution in [0.4, 0.5) is 5.82 Å². The van der Waals surface area contributed by atoms with Crippen molar-refractivity contribution in [2.75, 3.05) is 5.32 Å². The number of aromatic nitrogens is 2.